The Bertz CT molecular complexity index is 117. The van der Waals surface area contributed by atoms with E-state index in [0.29, 0.717) is 18.6 Å². The molecule has 3 nitrogen and oxygen atoms in total. The number of nitrogens with one attached hydrogen (secondary N) is 1. The van der Waals surface area contributed by atoms with Gasteiger partial charge in [0.1, 0.15) is 0 Å². The van der Waals surface area contributed by atoms with Crippen molar-refractivity contribution >= 4 is 0 Å². The summed E-state index contributed by atoms with van der Waals surface area (Å²) < 4.78 is 0. The molecule has 80 valence electrons. The van der Waals surface area contributed by atoms with Crippen molar-refractivity contribution in [2.24, 2.45) is 5.73 Å². The molecule has 2 unspecified atom stereocenters. The van der Waals surface area contributed by atoms with Crippen LogP contribution in [0.25, 0.3) is 0 Å². The highest BCUT2D eigenvalue weighted by Crippen LogP contribution is 1.98. The van der Waals surface area contributed by atoms with Gasteiger partial charge < -0.3 is 16.0 Å². The van der Waals surface area contributed by atoms with Crippen LogP contribution in [0, 0.1) is 0 Å². The third-order valence-corrected chi connectivity index (χ3v) is 2.65. The van der Waals surface area contributed by atoms with E-state index in [-0.39, 0.29) is 0 Å². The van der Waals surface area contributed by atoms with Crippen LogP contribution in [0.5, 0.6) is 0 Å². The van der Waals surface area contributed by atoms with Crippen LogP contribution in [0.3, 0.4) is 0 Å². The molecule has 0 spiro atoms. The van der Waals surface area contributed by atoms with Gasteiger partial charge >= 0.3 is 0 Å². The normalized spacial score (nSPS) is 16.2. The maximum absolute atomic E-state index is 5.50. The van der Waals surface area contributed by atoms with Gasteiger partial charge in [-0.25, -0.2) is 0 Å². The largest absolute Gasteiger partial charge is 0.329 e. The van der Waals surface area contributed by atoms with Gasteiger partial charge in [-0.15, -0.1) is 0 Å². The quantitative estimate of drug-likeness (QED) is 0.615. The molecular formula is C10H25N3. The van der Waals surface area contributed by atoms with Crippen LogP contribution in [-0.2, 0) is 0 Å². The SMILES string of the molecule is CCC(C)N(C)CCNC(C)CN. The minimum Gasteiger partial charge on any atom is -0.329 e. The Morgan fingerprint density at radius 3 is 2.46 bits per heavy atom. The summed E-state index contributed by atoms with van der Waals surface area (Å²) in [4.78, 5) is 2.37. The van der Waals surface area contributed by atoms with Crippen LogP contribution < -0.4 is 11.1 Å². The Morgan fingerprint density at radius 1 is 1.38 bits per heavy atom. The zero-order chi connectivity index (χ0) is 10.3. The van der Waals surface area contributed by atoms with Crippen LogP contribution in [-0.4, -0.2) is 43.7 Å². The first-order valence-corrected chi connectivity index (χ1v) is 5.25. The highest BCUT2D eigenvalue weighted by atomic mass is 15.1. The molecule has 0 aromatic heterocycles. The zero-order valence-electron chi connectivity index (χ0n) is 9.51. The van der Waals surface area contributed by atoms with Crippen LogP contribution in [0.2, 0.25) is 0 Å². The summed E-state index contributed by atoms with van der Waals surface area (Å²) in [6.07, 6.45) is 1.21. The third-order valence-electron chi connectivity index (χ3n) is 2.65. The molecule has 0 aromatic rings. The standard InChI is InChI=1S/C10H25N3/c1-5-10(3)13(4)7-6-12-9(2)8-11/h9-10,12H,5-8,11H2,1-4H3. The molecule has 13 heavy (non-hydrogen) atoms. The minimum atomic E-state index is 0.435. The van der Waals surface area contributed by atoms with E-state index in [4.69, 9.17) is 5.73 Å². The van der Waals surface area contributed by atoms with Crippen LogP contribution >= 0.6 is 0 Å². The first-order valence-electron chi connectivity index (χ1n) is 5.25. The fourth-order valence-corrected chi connectivity index (χ4v) is 1.10. The van der Waals surface area contributed by atoms with E-state index in [9.17, 15) is 0 Å². The number of hydrogen-bond acceptors (Lipinski definition) is 3. The summed E-state index contributed by atoms with van der Waals surface area (Å²) in [5.74, 6) is 0. The van der Waals surface area contributed by atoms with Gasteiger partial charge in [0.15, 0.2) is 0 Å². The molecule has 3 heteroatoms. The molecule has 0 aliphatic carbocycles. The zero-order valence-corrected chi connectivity index (χ0v) is 9.51. The average molecular weight is 187 g/mol. The second-order valence-corrected chi connectivity index (χ2v) is 3.83. The van der Waals surface area contributed by atoms with Gasteiger partial charge in [-0.1, -0.05) is 6.92 Å². The van der Waals surface area contributed by atoms with Crippen LogP contribution in [0.4, 0.5) is 0 Å². The highest BCUT2D eigenvalue weighted by Gasteiger charge is 2.05. The molecule has 3 N–H and O–H groups in total. The lowest BCUT2D eigenvalue weighted by Crippen LogP contribution is -2.40. The summed E-state index contributed by atoms with van der Waals surface area (Å²) >= 11 is 0. The Morgan fingerprint density at radius 2 is 2.00 bits per heavy atom. The molecule has 0 fully saturated rings. The maximum atomic E-state index is 5.50. The molecule has 0 bridgehead atoms. The van der Waals surface area contributed by atoms with Gasteiger partial charge in [0.05, 0.1) is 0 Å². The Balaban J connectivity index is 3.41. The second-order valence-electron chi connectivity index (χ2n) is 3.83. The molecule has 0 saturated carbocycles. The highest BCUT2D eigenvalue weighted by molar-refractivity contribution is 4.65. The second kappa shape index (κ2) is 7.30. The van der Waals surface area contributed by atoms with Crippen molar-refractivity contribution in [3.05, 3.63) is 0 Å². The number of nitrogens with two attached hydrogens (primary N) is 1. The third kappa shape index (κ3) is 6.02. The van der Waals surface area contributed by atoms with Gasteiger partial charge in [0, 0.05) is 31.7 Å². The number of nitrogens with zero attached hydrogens (tertiary/aromatic N) is 1. The topological polar surface area (TPSA) is 41.3 Å². The number of likely N-dealkylation sites (N-methyl/N-ethyl adjacent to an activating group) is 1. The van der Waals surface area contributed by atoms with Crippen molar-refractivity contribution in [1.82, 2.24) is 10.2 Å². The van der Waals surface area contributed by atoms with Crippen molar-refractivity contribution in [3.63, 3.8) is 0 Å². The van der Waals surface area contributed by atoms with E-state index in [2.05, 4.69) is 38.0 Å². The van der Waals surface area contributed by atoms with E-state index in [0.717, 1.165) is 13.1 Å². The predicted octanol–water partition coefficient (Wildman–Crippen LogP) is 0.654. The molecule has 0 amide bonds. The van der Waals surface area contributed by atoms with Crippen molar-refractivity contribution in [2.45, 2.75) is 39.3 Å². The lowest BCUT2D eigenvalue weighted by molar-refractivity contribution is 0.249. The van der Waals surface area contributed by atoms with Gasteiger partial charge in [-0.2, -0.15) is 0 Å². The van der Waals surface area contributed by atoms with Crippen molar-refractivity contribution in [1.29, 1.82) is 0 Å². The summed E-state index contributed by atoms with van der Waals surface area (Å²) in [5.41, 5.74) is 5.50. The fourth-order valence-electron chi connectivity index (χ4n) is 1.10. The average Bonchev–Trinajstić information content (AvgIpc) is 2.15. The molecule has 2 atom stereocenters. The summed E-state index contributed by atoms with van der Waals surface area (Å²) in [5, 5.41) is 3.38. The van der Waals surface area contributed by atoms with E-state index in [1.807, 2.05) is 0 Å². The Kier molecular flexibility index (Phi) is 7.23. The van der Waals surface area contributed by atoms with Gasteiger partial charge in [-0.05, 0) is 27.3 Å². The van der Waals surface area contributed by atoms with E-state index in [1.165, 1.54) is 6.42 Å². The number of hydrogen-bond donors (Lipinski definition) is 2. The lowest BCUT2D eigenvalue weighted by atomic mass is 10.2. The Labute approximate surface area is 82.7 Å². The van der Waals surface area contributed by atoms with Crippen molar-refractivity contribution in [2.75, 3.05) is 26.7 Å². The molecule has 0 heterocycles. The molecule has 0 aromatic carbocycles. The molecular weight excluding hydrogens is 162 g/mol. The summed E-state index contributed by atoms with van der Waals surface area (Å²) in [6, 6.07) is 1.11. The predicted molar refractivity (Wildman–Crippen MR) is 58.9 cm³/mol. The smallest absolute Gasteiger partial charge is 0.0162 e. The number of rotatable bonds is 7. The molecule has 0 saturated heterocycles. The maximum Gasteiger partial charge on any atom is 0.0162 e. The van der Waals surface area contributed by atoms with Crippen LogP contribution in [0.1, 0.15) is 27.2 Å². The fraction of sp³-hybridized carbons (Fsp3) is 1.00. The summed E-state index contributed by atoms with van der Waals surface area (Å²) in [6.45, 7) is 9.43. The first-order chi connectivity index (χ1) is 6.11. The molecule has 0 radical (unpaired) electrons. The molecule has 0 aliphatic rings. The monoisotopic (exact) mass is 187 g/mol. The van der Waals surface area contributed by atoms with E-state index >= 15 is 0 Å². The Hall–Kier alpha value is -0.120. The summed E-state index contributed by atoms with van der Waals surface area (Å²) in [7, 11) is 2.17. The van der Waals surface area contributed by atoms with E-state index in [1.54, 1.807) is 0 Å². The molecule has 0 aliphatic heterocycles. The van der Waals surface area contributed by atoms with Crippen molar-refractivity contribution < 1.29 is 0 Å². The van der Waals surface area contributed by atoms with Gasteiger partial charge in [0.25, 0.3) is 0 Å². The van der Waals surface area contributed by atoms with Crippen LogP contribution in [0.15, 0.2) is 0 Å². The minimum absolute atomic E-state index is 0.435. The van der Waals surface area contributed by atoms with E-state index < -0.39 is 0 Å². The van der Waals surface area contributed by atoms with Gasteiger partial charge in [0.2, 0.25) is 0 Å². The first kappa shape index (κ1) is 12.9. The van der Waals surface area contributed by atoms with Gasteiger partial charge in [-0.3, -0.25) is 0 Å². The van der Waals surface area contributed by atoms with Crippen molar-refractivity contribution in [3.8, 4) is 0 Å². The molecule has 0 rings (SSSR count). The lowest BCUT2D eigenvalue weighted by Gasteiger charge is -2.24.